The molecule has 4 N–H and O–H groups in total. The summed E-state index contributed by atoms with van der Waals surface area (Å²) in [7, 11) is 0. The average Bonchev–Trinajstić information content (AvgIpc) is 2.35. The molecule has 5 nitrogen and oxygen atoms in total. The summed E-state index contributed by atoms with van der Waals surface area (Å²) in [4.78, 5) is 0. The van der Waals surface area contributed by atoms with Gasteiger partial charge in [0.05, 0.1) is 39.6 Å². The smallest absolute Gasteiger partial charge is 0.0701 e. The van der Waals surface area contributed by atoms with Crippen molar-refractivity contribution in [1.82, 2.24) is 0 Å². The highest BCUT2D eigenvalue weighted by Gasteiger charge is 1.99. The van der Waals surface area contributed by atoms with Crippen molar-refractivity contribution in [3.8, 4) is 0 Å². The molecular formula is C12H28N2O3. The van der Waals surface area contributed by atoms with Crippen LogP contribution in [0.15, 0.2) is 0 Å². The van der Waals surface area contributed by atoms with Crippen LogP contribution in [0, 0.1) is 0 Å². The van der Waals surface area contributed by atoms with Gasteiger partial charge in [0.1, 0.15) is 0 Å². The van der Waals surface area contributed by atoms with Crippen molar-refractivity contribution in [1.29, 1.82) is 0 Å². The Morgan fingerprint density at radius 2 is 1.06 bits per heavy atom. The standard InChI is InChI=1S/C12H28N2O3/c1-3-11(13)9-16-7-5-15-6-8-17-10-12(14)4-2/h11-12H,3-10,13-14H2,1-2H3. The van der Waals surface area contributed by atoms with Crippen LogP contribution in [0.3, 0.4) is 0 Å². The minimum Gasteiger partial charge on any atom is -0.377 e. The summed E-state index contributed by atoms with van der Waals surface area (Å²) in [6.07, 6.45) is 1.87. The second kappa shape index (κ2) is 12.3. The van der Waals surface area contributed by atoms with Crippen LogP contribution in [0.5, 0.6) is 0 Å². The Kier molecular flexibility index (Phi) is 12.1. The lowest BCUT2D eigenvalue weighted by Crippen LogP contribution is -2.26. The lowest BCUT2D eigenvalue weighted by atomic mass is 10.3. The van der Waals surface area contributed by atoms with Crippen molar-refractivity contribution in [3.05, 3.63) is 0 Å². The van der Waals surface area contributed by atoms with E-state index < -0.39 is 0 Å². The van der Waals surface area contributed by atoms with E-state index in [1.165, 1.54) is 0 Å². The van der Waals surface area contributed by atoms with E-state index in [9.17, 15) is 0 Å². The van der Waals surface area contributed by atoms with E-state index in [-0.39, 0.29) is 12.1 Å². The second-order valence-corrected chi connectivity index (χ2v) is 4.10. The lowest BCUT2D eigenvalue weighted by Gasteiger charge is -2.11. The summed E-state index contributed by atoms with van der Waals surface area (Å²) >= 11 is 0. The maximum atomic E-state index is 5.70. The molecule has 0 radical (unpaired) electrons. The summed E-state index contributed by atoms with van der Waals surface area (Å²) in [5.74, 6) is 0. The molecule has 0 aromatic heterocycles. The molecule has 17 heavy (non-hydrogen) atoms. The van der Waals surface area contributed by atoms with Gasteiger partial charge in [-0.1, -0.05) is 13.8 Å². The Morgan fingerprint density at radius 1 is 0.706 bits per heavy atom. The van der Waals surface area contributed by atoms with Crippen molar-refractivity contribution in [2.75, 3.05) is 39.6 Å². The first-order valence-electron chi connectivity index (χ1n) is 6.45. The zero-order valence-electron chi connectivity index (χ0n) is 11.2. The van der Waals surface area contributed by atoms with Gasteiger partial charge < -0.3 is 25.7 Å². The zero-order valence-corrected chi connectivity index (χ0v) is 11.2. The third-order valence-corrected chi connectivity index (χ3v) is 2.46. The fourth-order valence-corrected chi connectivity index (χ4v) is 1.04. The van der Waals surface area contributed by atoms with E-state index >= 15 is 0 Å². The van der Waals surface area contributed by atoms with E-state index in [4.69, 9.17) is 25.7 Å². The SMILES string of the molecule is CCC(N)COCCOCCOCC(N)CC. The molecule has 0 fully saturated rings. The zero-order chi connectivity index (χ0) is 12.9. The quantitative estimate of drug-likeness (QED) is 0.492. The van der Waals surface area contributed by atoms with Gasteiger partial charge in [-0.05, 0) is 12.8 Å². The van der Waals surface area contributed by atoms with Crippen LogP contribution in [-0.2, 0) is 14.2 Å². The Balaban J connectivity index is 3.04. The Labute approximate surface area is 105 Å². The van der Waals surface area contributed by atoms with Gasteiger partial charge in [0, 0.05) is 12.1 Å². The highest BCUT2D eigenvalue weighted by Crippen LogP contribution is 1.89. The number of hydrogen-bond donors (Lipinski definition) is 2. The van der Waals surface area contributed by atoms with Gasteiger partial charge in [-0.15, -0.1) is 0 Å². The first kappa shape index (κ1) is 16.8. The summed E-state index contributed by atoms with van der Waals surface area (Å²) in [5.41, 5.74) is 11.4. The predicted octanol–water partition coefficient (Wildman–Crippen LogP) is 0.511. The van der Waals surface area contributed by atoms with Crippen LogP contribution in [0.1, 0.15) is 26.7 Å². The van der Waals surface area contributed by atoms with E-state index in [1.807, 2.05) is 13.8 Å². The fraction of sp³-hybridized carbons (Fsp3) is 1.00. The Bertz CT molecular complexity index is 143. The van der Waals surface area contributed by atoms with Crippen molar-refractivity contribution in [3.63, 3.8) is 0 Å². The van der Waals surface area contributed by atoms with Crippen molar-refractivity contribution >= 4 is 0 Å². The molecule has 0 aliphatic carbocycles. The Morgan fingerprint density at radius 3 is 1.41 bits per heavy atom. The second-order valence-electron chi connectivity index (χ2n) is 4.10. The molecule has 0 spiro atoms. The number of hydrogen-bond acceptors (Lipinski definition) is 5. The van der Waals surface area contributed by atoms with E-state index in [1.54, 1.807) is 0 Å². The molecule has 0 heterocycles. The van der Waals surface area contributed by atoms with Crippen molar-refractivity contribution in [2.45, 2.75) is 38.8 Å². The third kappa shape index (κ3) is 12.1. The maximum Gasteiger partial charge on any atom is 0.0701 e. The summed E-state index contributed by atoms with van der Waals surface area (Å²) in [5, 5.41) is 0. The van der Waals surface area contributed by atoms with Gasteiger partial charge in [0.25, 0.3) is 0 Å². The van der Waals surface area contributed by atoms with E-state index in [0.717, 1.165) is 12.8 Å². The minimum absolute atomic E-state index is 0.133. The highest BCUT2D eigenvalue weighted by atomic mass is 16.5. The molecule has 0 rings (SSSR count). The monoisotopic (exact) mass is 248 g/mol. The number of nitrogens with two attached hydrogens (primary N) is 2. The largest absolute Gasteiger partial charge is 0.377 e. The number of ether oxygens (including phenoxy) is 3. The molecule has 0 amide bonds. The maximum absolute atomic E-state index is 5.70. The van der Waals surface area contributed by atoms with Crippen molar-refractivity contribution in [2.24, 2.45) is 11.5 Å². The van der Waals surface area contributed by atoms with Gasteiger partial charge in [0.15, 0.2) is 0 Å². The normalized spacial score (nSPS) is 14.8. The van der Waals surface area contributed by atoms with Crippen LogP contribution in [0.25, 0.3) is 0 Å². The molecule has 0 bridgehead atoms. The molecule has 2 unspecified atom stereocenters. The van der Waals surface area contributed by atoms with Crippen molar-refractivity contribution < 1.29 is 14.2 Å². The topological polar surface area (TPSA) is 79.7 Å². The lowest BCUT2D eigenvalue weighted by molar-refractivity contribution is 0.00961. The van der Waals surface area contributed by atoms with Gasteiger partial charge in [-0.3, -0.25) is 0 Å². The van der Waals surface area contributed by atoms with Crippen LogP contribution < -0.4 is 11.5 Å². The molecule has 0 saturated heterocycles. The van der Waals surface area contributed by atoms with Gasteiger partial charge in [-0.2, -0.15) is 0 Å². The van der Waals surface area contributed by atoms with Gasteiger partial charge in [-0.25, -0.2) is 0 Å². The van der Waals surface area contributed by atoms with Gasteiger partial charge in [0.2, 0.25) is 0 Å². The highest BCUT2D eigenvalue weighted by molar-refractivity contribution is 4.55. The molecule has 0 aromatic carbocycles. The molecule has 0 saturated carbocycles. The van der Waals surface area contributed by atoms with Crippen LogP contribution >= 0.6 is 0 Å². The molecule has 104 valence electrons. The average molecular weight is 248 g/mol. The van der Waals surface area contributed by atoms with Crippen LogP contribution in [-0.4, -0.2) is 51.7 Å². The fourth-order valence-electron chi connectivity index (χ4n) is 1.04. The third-order valence-electron chi connectivity index (χ3n) is 2.46. The molecule has 0 aliphatic rings. The van der Waals surface area contributed by atoms with Crippen LogP contribution in [0.4, 0.5) is 0 Å². The molecular weight excluding hydrogens is 220 g/mol. The molecule has 0 aliphatic heterocycles. The summed E-state index contributed by atoms with van der Waals surface area (Å²) in [6.45, 7) is 7.62. The first-order chi connectivity index (χ1) is 8.20. The minimum atomic E-state index is 0.133. The summed E-state index contributed by atoms with van der Waals surface area (Å²) in [6, 6.07) is 0.266. The molecule has 2 atom stereocenters. The van der Waals surface area contributed by atoms with E-state index in [2.05, 4.69) is 0 Å². The predicted molar refractivity (Wildman–Crippen MR) is 69.0 cm³/mol. The van der Waals surface area contributed by atoms with Crippen LogP contribution in [0.2, 0.25) is 0 Å². The Hall–Kier alpha value is -0.200. The summed E-state index contributed by atoms with van der Waals surface area (Å²) < 4.78 is 16.0. The first-order valence-corrected chi connectivity index (χ1v) is 6.45. The molecule has 5 heteroatoms. The molecule has 0 aromatic rings. The van der Waals surface area contributed by atoms with Gasteiger partial charge >= 0.3 is 0 Å². The number of rotatable bonds is 12. The van der Waals surface area contributed by atoms with E-state index in [0.29, 0.717) is 39.6 Å².